The van der Waals surface area contributed by atoms with E-state index >= 15 is 0 Å². The van der Waals surface area contributed by atoms with Crippen LogP contribution in [-0.4, -0.2) is 60.8 Å². The highest BCUT2D eigenvalue weighted by atomic mass is 127. The lowest BCUT2D eigenvalue weighted by atomic mass is 10.1. The summed E-state index contributed by atoms with van der Waals surface area (Å²) in [6, 6.07) is 10.6. The summed E-state index contributed by atoms with van der Waals surface area (Å²) in [4.78, 5) is 22.9. The lowest BCUT2D eigenvalue weighted by Crippen LogP contribution is -2.50. The third kappa shape index (κ3) is 6.72. The van der Waals surface area contributed by atoms with Crippen molar-refractivity contribution in [2.24, 2.45) is 4.99 Å². The maximum absolute atomic E-state index is 11.8. The summed E-state index contributed by atoms with van der Waals surface area (Å²) in [5.74, 6) is 0.829. The van der Waals surface area contributed by atoms with Crippen molar-refractivity contribution in [3.05, 3.63) is 42.1 Å². The molecule has 0 aliphatic carbocycles. The summed E-state index contributed by atoms with van der Waals surface area (Å²) in [5, 5.41) is 8.00. The van der Waals surface area contributed by atoms with Crippen LogP contribution in [0.25, 0.3) is 10.9 Å². The molecule has 8 heteroatoms. The monoisotopic (exact) mass is 525 g/mol. The van der Waals surface area contributed by atoms with Gasteiger partial charge in [0.1, 0.15) is 0 Å². The minimum absolute atomic E-state index is 0. The van der Waals surface area contributed by atoms with E-state index in [0.29, 0.717) is 32.3 Å². The second kappa shape index (κ2) is 12.6. The molecule has 1 saturated heterocycles. The van der Waals surface area contributed by atoms with Gasteiger partial charge < -0.3 is 20.3 Å². The fraction of sp³-hybridized carbons (Fsp3) is 0.500. The Labute approximate surface area is 195 Å². The van der Waals surface area contributed by atoms with Gasteiger partial charge in [-0.05, 0) is 44.7 Å². The molecule has 30 heavy (non-hydrogen) atoms. The number of halogens is 1. The number of para-hydroxylation sites is 1. The summed E-state index contributed by atoms with van der Waals surface area (Å²) >= 11 is 0. The molecule has 0 atom stereocenters. The zero-order valence-corrected chi connectivity index (χ0v) is 20.1. The Morgan fingerprint density at radius 1 is 1.23 bits per heavy atom. The quantitative estimate of drug-likeness (QED) is 0.343. The van der Waals surface area contributed by atoms with Crippen molar-refractivity contribution in [3.63, 3.8) is 0 Å². The molecule has 164 valence electrons. The fourth-order valence-corrected chi connectivity index (χ4v) is 3.59. The molecule has 7 nitrogen and oxygen atoms in total. The molecule has 1 aromatic carbocycles. The van der Waals surface area contributed by atoms with Gasteiger partial charge in [-0.1, -0.05) is 24.3 Å². The number of pyridine rings is 1. The van der Waals surface area contributed by atoms with Crippen LogP contribution in [0.4, 0.5) is 4.79 Å². The minimum atomic E-state index is -0.213. The van der Waals surface area contributed by atoms with Gasteiger partial charge in [0, 0.05) is 43.8 Å². The molecule has 0 saturated carbocycles. The van der Waals surface area contributed by atoms with E-state index in [1.54, 1.807) is 4.90 Å². The highest BCUT2D eigenvalue weighted by Crippen LogP contribution is 2.16. The van der Waals surface area contributed by atoms with E-state index in [9.17, 15) is 4.79 Å². The fourth-order valence-electron chi connectivity index (χ4n) is 3.59. The zero-order valence-electron chi connectivity index (χ0n) is 17.8. The molecule has 1 amide bonds. The Morgan fingerprint density at radius 2 is 2.00 bits per heavy atom. The first kappa shape index (κ1) is 24.2. The van der Waals surface area contributed by atoms with E-state index < -0.39 is 0 Å². The SMILES string of the molecule is CCNC(=NCCc1cccc2cccnc12)NC1CCN(C(=O)OCC)CC1.I. The summed E-state index contributed by atoms with van der Waals surface area (Å²) in [6.07, 6.45) is 4.23. The van der Waals surface area contributed by atoms with Crippen LogP contribution < -0.4 is 10.6 Å². The van der Waals surface area contributed by atoms with Crippen molar-refractivity contribution >= 4 is 46.9 Å². The summed E-state index contributed by atoms with van der Waals surface area (Å²) in [6.45, 7) is 7.22. The molecular weight excluding hydrogens is 493 g/mol. The van der Waals surface area contributed by atoms with Crippen molar-refractivity contribution in [1.29, 1.82) is 0 Å². The third-order valence-electron chi connectivity index (χ3n) is 5.07. The number of fused-ring (bicyclic) bond motifs is 1. The van der Waals surface area contributed by atoms with Crippen molar-refractivity contribution in [1.82, 2.24) is 20.5 Å². The maximum Gasteiger partial charge on any atom is 0.409 e. The van der Waals surface area contributed by atoms with E-state index in [2.05, 4.69) is 46.8 Å². The van der Waals surface area contributed by atoms with Gasteiger partial charge >= 0.3 is 6.09 Å². The van der Waals surface area contributed by atoms with Crippen LogP contribution >= 0.6 is 24.0 Å². The third-order valence-corrected chi connectivity index (χ3v) is 5.07. The van der Waals surface area contributed by atoms with Crippen LogP contribution in [0.15, 0.2) is 41.5 Å². The average Bonchev–Trinajstić information content (AvgIpc) is 2.75. The van der Waals surface area contributed by atoms with Crippen LogP contribution in [0.5, 0.6) is 0 Å². The second-order valence-electron chi connectivity index (χ2n) is 7.11. The Kier molecular flexibility index (Phi) is 10.1. The number of rotatable bonds is 6. The molecule has 1 aliphatic heterocycles. The predicted molar refractivity (Wildman–Crippen MR) is 132 cm³/mol. The number of likely N-dealkylation sites (tertiary alicyclic amines) is 1. The molecule has 1 aliphatic rings. The van der Waals surface area contributed by atoms with Crippen LogP contribution in [0, 0.1) is 0 Å². The van der Waals surface area contributed by atoms with E-state index in [1.807, 2.05) is 19.2 Å². The number of carbonyl (C=O) groups excluding carboxylic acids is 1. The standard InChI is InChI=1S/C22H31N5O2.HI/c1-3-23-21(26-19-11-15-27(16-12-19)22(28)29-4-2)25-14-10-18-8-5-7-17-9-6-13-24-20(17)18;/h5-9,13,19H,3-4,10-12,14-16H2,1-2H3,(H2,23,25,26);1H. The van der Waals surface area contributed by atoms with E-state index in [1.165, 1.54) is 5.56 Å². The van der Waals surface area contributed by atoms with Crippen LogP contribution in [0.3, 0.4) is 0 Å². The molecule has 2 aromatic rings. The number of piperidine rings is 1. The van der Waals surface area contributed by atoms with Crippen molar-refractivity contribution < 1.29 is 9.53 Å². The first-order valence-electron chi connectivity index (χ1n) is 10.5. The number of hydrogen-bond donors (Lipinski definition) is 2. The van der Waals surface area contributed by atoms with E-state index in [4.69, 9.17) is 9.73 Å². The summed E-state index contributed by atoms with van der Waals surface area (Å²) < 4.78 is 5.09. The number of benzene rings is 1. The van der Waals surface area contributed by atoms with Crippen molar-refractivity contribution in [3.8, 4) is 0 Å². The smallest absolute Gasteiger partial charge is 0.409 e. The number of aliphatic imine (C=N–C) groups is 1. The van der Waals surface area contributed by atoms with Gasteiger partial charge in [0.15, 0.2) is 5.96 Å². The Bertz CT molecular complexity index is 832. The molecule has 3 rings (SSSR count). The molecule has 1 aromatic heterocycles. The normalized spacial score (nSPS) is 14.9. The first-order valence-corrected chi connectivity index (χ1v) is 10.5. The van der Waals surface area contributed by atoms with Crippen LogP contribution in [-0.2, 0) is 11.2 Å². The molecular formula is C22H32IN5O2. The molecule has 1 fully saturated rings. The molecule has 0 bridgehead atoms. The summed E-state index contributed by atoms with van der Waals surface area (Å²) in [5.41, 5.74) is 2.26. The highest BCUT2D eigenvalue weighted by molar-refractivity contribution is 14.0. The van der Waals surface area contributed by atoms with Gasteiger partial charge in [-0.2, -0.15) is 0 Å². The van der Waals surface area contributed by atoms with Crippen molar-refractivity contribution in [2.75, 3.05) is 32.8 Å². The van der Waals surface area contributed by atoms with Gasteiger partial charge in [0.05, 0.1) is 12.1 Å². The number of aromatic nitrogens is 1. The average molecular weight is 525 g/mol. The second-order valence-corrected chi connectivity index (χ2v) is 7.11. The van der Waals surface area contributed by atoms with Gasteiger partial charge in [-0.15, -0.1) is 24.0 Å². The lowest BCUT2D eigenvalue weighted by Gasteiger charge is -2.32. The number of guanidine groups is 1. The summed E-state index contributed by atoms with van der Waals surface area (Å²) in [7, 11) is 0. The van der Waals surface area contributed by atoms with Crippen LogP contribution in [0.2, 0.25) is 0 Å². The van der Waals surface area contributed by atoms with Gasteiger partial charge in [0.25, 0.3) is 0 Å². The molecule has 0 radical (unpaired) electrons. The van der Waals surface area contributed by atoms with E-state index in [-0.39, 0.29) is 30.1 Å². The van der Waals surface area contributed by atoms with E-state index in [0.717, 1.165) is 42.7 Å². The predicted octanol–water partition coefficient (Wildman–Crippen LogP) is 3.57. The Balaban J connectivity index is 0.00000320. The Morgan fingerprint density at radius 3 is 2.73 bits per heavy atom. The largest absolute Gasteiger partial charge is 0.450 e. The number of carbonyl (C=O) groups is 1. The zero-order chi connectivity index (χ0) is 20.5. The van der Waals surface area contributed by atoms with Crippen molar-refractivity contribution in [2.45, 2.75) is 39.2 Å². The van der Waals surface area contributed by atoms with Gasteiger partial charge in [0.2, 0.25) is 0 Å². The number of ether oxygens (including phenoxy) is 1. The number of nitrogens with one attached hydrogen (secondary N) is 2. The minimum Gasteiger partial charge on any atom is -0.450 e. The number of amides is 1. The number of nitrogens with zero attached hydrogens (tertiary/aromatic N) is 3. The van der Waals surface area contributed by atoms with Crippen LogP contribution in [0.1, 0.15) is 32.3 Å². The topological polar surface area (TPSA) is 78.9 Å². The molecule has 0 spiro atoms. The molecule has 2 N–H and O–H groups in total. The maximum atomic E-state index is 11.8. The molecule has 0 unspecified atom stereocenters. The van der Waals surface area contributed by atoms with Gasteiger partial charge in [-0.3, -0.25) is 9.98 Å². The Hall–Kier alpha value is -2.10. The highest BCUT2D eigenvalue weighted by Gasteiger charge is 2.24. The van der Waals surface area contributed by atoms with Gasteiger partial charge in [-0.25, -0.2) is 4.79 Å². The lowest BCUT2D eigenvalue weighted by molar-refractivity contribution is 0.0963. The number of hydrogen-bond acceptors (Lipinski definition) is 4. The molecule has 2 heterocycles. The first-order chi connectivity index (χ1) is 14.2.